The van der Waals surface area contributed by atoms with E-state index in [9.17, 15) is 5.11 Å². The molecule has 102 valence electrons. The molecule has 0 bridgehead atoms. The molecule has 0 spiro atoms. The van der Waals surface area contributed by atoms with E-state index in [0.29, 0.717) is 12.0 Å². The van der Waals surface area contributed by atoms with E-state index in [-0.39, 0.29) is 11.5 Å². The Morgan fingerprint density at radius 2 is 1.71 bits per heavy atom. The Bertz CT molecular complexity index is 215. The smallest absolute Gasteiger partial charge is 0.0695 e. The predicted molar refractivity (Wildman–Crippen MR) is 74.1 cm³/mol. The maximum Gasteiger partial charge on any atom is 0.0695 e. The number of rotatable bonds is 4. The van der Waals surface area contributed by atoms with Gasteiger partial charge in [0.05, 0.1) is 6.10 Å². The molecule has 0 aromatic heterocycles. The molecule has 0 saturated heterocycles. The van der Waals surface area contributed by atoms with Gasteiger partial charge in [0.15, 0.2) is 0 Å². The van der Waals surface area contributed by atoms with Gasteiger partial charge >= 0.3 is 0 Å². The summed E-state index contributed by atoms with van der Waals surface area (Å²) in [5.41, 5.74) is 0.279. The molecule has 0 heterocycles. The Labute approximate surface area is 107 Å². The van der Waals surface area contributed by atoms with Crippen LogP contribution in [0, 0.1) is 11.3 Å². The van der Waals surface area contributed by atoms with Gasteiger partial charge in [0, 0.05) is 12.6 Å². The summed E-state index contributed by atoms with van der Waals surface area (Å²) < 4.78 is 0. The third-order valence-electron chi connectivity index (χ3n) is 4.58. The molecule has 1 rings (SSSR count). The fourth-order valence-corrected chi connectivity index (χ4v) is 2.78. The summed E-state index contributed by atoms with van der Waals surface area (Å²) in [6.07, 6.45) is 6.28. The number of aliphatic hydroxyl groups is 1. The summed E-state index contributed by atoms with van der Waals surface area (Å²) in [5, 5.41) is 10.3. The monoisotopic (exact) mass is 241 g/mol. The van der Waals surface area contributed by atoms with E-state index in [2.05, 4.69) is 39.6 Å². The standard InChI is InChI=1S/C15H31NO/c1-12(15(2,3)4)16(5)11-14(17)13-9-7-6-8-10-13/h12-14,17H,6-11H2,1-5H3. The Kier molecular flexibility index (Phi) is 5.46. The molecule has 0 radical (unpaired) electrons. The van der Waals surface area contributed by atoms with Crippen molar-refractivity contribution in [1.82, 2.24) is 4.90 Å². The maximum atomic E-state index is 10.3. The van der Waals surface area contributed by atoms with Crippen LogP contribution >= 0.6 is 0 Å². The Hall–Kier alpha value is -0.0800. The summed E-state index contributed by atoms with van der Waals surface area (Å²) in [7, 11) is 2.14. The Balaban J connectivity index is 2.41. The molecule has 0 amide bonds. The van der Waals surface area contributed by atoms with Crippen LogP contribution in [0.3, 0.4) is 0 Å². The molecule has 2 nitrogen and oxygen atoms in total. The lowest BCUT2D eigenvalue weighted by Gasteiger charge is -2.38. The van der Waals surface area contributed by atoms with Crippen molar-refractivity contribution in [2.75, 3.05) is 13.6 Å². The van der Waals surface area contributed by atoms with Crippen molar-refractivity contribution >= 4 is 0 Å². The molecule has 1 aliphatic rings. The van der Waals surface area contributed by atoms with E-state index in [1.165, 1.54) is 32.1 Å². The highest BCUT2D eigenvalue weighted by atomic mass is 16.3. The molecule has 2 atom stereocenters. The quantitative estimate of drug-likeness (QED) is 0.816. The number of hydrogen-bond donors (Lipinski definition) is 1. The van der Waals surface area contributed by atoms with Crippen molar-refractivity contribution in [2.24, 2.45) is 11.3 Å². The Morgan fingerprint density at radius 3 is 2.18 bits per heavy atom. The van der Waals surface area contributed by atoms with Gasteiger partial charge in [0.25, 0.3) is 0 Å². The van der Waals surface area contributed by atoms with Crippen molar-refractivity contribution in [3.8, 4) is 0 Å². The van der Waals surface area contributed by atoms with Crippen molar-refractivity contribution in [3.05, 3.63) is 0 Å². The van der Waals surface area contributed by atoms with Crippen molar-refractivity contribution in [2.45, 2.75) is 71.9 Å². The van der Waals surface area contributed by atoms with Gasteiger partial charge in [-0.25, -0.2) is 0 Å². The zero-order chi connectivity index (χ0) is 13.1. The van der Waals surface area contributed by atoms with Crippen LogP contribution in [0.15, 0.2) is 0 Å². The summed E-state index contributed by atoms with van der Waals surface area (Å²) in [6.45, 7) is 9.88. The molecule has 0 aliphatic heterocycles. The van der Waals surface area contributed by atoms with Crippen LogP contribution < -0.4 is 0 Å². The number of hydrogen-bond acceptors (Lipinski definition) is 2. The second kappa shape index (κ2) is 6.19. The average Bonchev–Trinajstić information content (AvgIpc) is 2.27. The van der Waals surface area contributed by atoms with Gasteiger partial charge < -0.3 is 10.0 Å². The fraction of sp³-hybridized carbons (Fsp3) is 1.00. The molecule has 1 saturated carbocycles. The third kappa shape index (κ3) is 4.59. The maximum absolute atomic E-state index is 10.3. The van der Waals surface area contributed by atoms with Crippen molar-refractivity contribution in [1.29, 1.82) is 0 Å². The van der Waals surface area contributed by atoms with E-state index in [1.807, 2.05) is 0 Å². The van der Waals surface area contributed by atoms with Crippen LogP contribution in [0.4, 0.5) is 0 Å². The lowest BCUT2D eigenvalue weighted by atomic mass is 9.83. The van der Waals surface area contributed by atoms with Gasteiger partial charge in [0.1, 0.15) is 0 Å². The lowest BCUT2D eigenvalue weighted by Crippen LogP contribution is -2.44. The van der Waals surface area contributed by atoms with Gasteiger partial charge in [-0.2, -0.15) is 0 Å². The molecule has 2 heteroatoms. The molecule has 0 aromatic rings. The number of aliphatic hydroxyl groups excluding tert-OH is 1. The first-order chi connectivity index (χ1) is 7.82. The molecule has 2 unspecified atom stereocenters. The molecular weight excluding hydrogens is 210 g/mol. The molecule has 1 N–H and O–H groups in total. The van der Waals surface area contributed by atoms with E-state index < -0.39 is 0 Å². The largest absolute Gasteiger partial charge is 0.392 e. The van der Waals surface area contributed by atoms with Gasteiger partial charge in [-0.15, -0.1) is 0 Å². The molecule has 1 fully saturated rings. The minimum Gasteiger partial charge on any atom is -0.392 e. The minimum absolute atomic E-state index is 0.134. The van der Waals surface area contributed by atoms with E-state index >= 15 is 0 Å². The highest BCUT2D eigenvalue weighted by molar-refractivity contribution is 4.81. The van der Waals surface area contributed by atoms with Crippen molar-refractivity contribution < 1.29 is 5.11 Å². The van der Waals surface area contributed by atoms with E-state index in [0.717, 1.165) is 6.54 Å². The minimum atomic E-state index is -0.134. The van der Waals surface area contributed by atoms with Crippen molar-refractivity contribution in [3.63, 3.8) is 0 Å². The van der Waals surface area contributed by atoms with Crippen LogP contribution in [0.5, 0.6) is 0 Å². The van der Waals surface area contributed by atoms with Crippen LogP contribution in [0.1, 0.15) is 59.8 Å². The zero-order valence-electron chi connectivity index (χ0n) is 12.4. The zero-order valence-corrected chi connectivity index (χ0v) is 12.4. The number of likely N-dealkylation sites (N-methyl/N-ethyl adjacent to an activating group) is 1. The van der Waals surface area contributed by atoms with Gasteiger partial charge in [0.2, 0.25) is 0 Å². The summed E-state index contributed by atoms with van der Waals surface area (Å²) in [5.74, 6) is 0.540. The van der Waals surface area contributed by atoms with Gasteiger partial charge in [-0.3, -0.25) is 0 Å². The first-order valence-electron chi connectivity index (χ1n) is 7.20. The lowest BCUT2D eigenvalue weighted by molar-refractivity contribution is 0.0274. The third-order valence-corrected chi connectivity index (χ3v) is 4.58. The SMILES string of the molecule is CC(N(C)CC(O)C1CCCCC1)C(C)(C)C. The van der Waals surface area contributed by atoms with Crippen LogP contribution in [-0.4, -0.2) is 35.7 Å². The molecule has 1 aliphatic carbocycles. The van der Waals surface area contributed by atoms with Crippen LogP contribution in [0.25, 0.3) is 0 Å². The molecule has 0 aromatic carbocycles. The van der Waals surface area contributed by atoms with E-state index in [1.54, 1.807) is 0 Å². The number of nitrogens with zero attached hydrogens (tertiary/aromatic N) is 1. The second-order valence-electron chi connectivity index (χ2n) is 6.95. The predicted octanol–water partition coefficient (Wildman–Crippen LogP) is 3.29. The van der Waals surface area contributed by atoms with E-state index in [4.69, 9.17) is 0 Å². The fourth-order valence-electron chi connectivity index (χ4n) is 2.78. The molecule has 17 heavy (non-hydrogen) atoms. The highest BCUT2D eigenvalue weighted by Crippen LogP contribution is 2.28. The van der Waals surface area contributed by atoms with Gasteiger partial charge in [-0.1, -0.05) is 40.0 Å². The first-order valence-corrected chi connectivity index (χ1v) is 7.20. The Morgan fingerprint density at radius 1 is 1.18 bits per heavy atom. The van der Waals surface area contributed by atoms with Gasteiger partial charge in [-0.05, 0) is 38.1 Å². The first kappa shape index (κ1) is 15.0. The van der Waals surface area contributed by atoms with Crippen LogP contribution in [0.2, 0.25) is 0 Å². The summed E-state index contributed by atoms with van der Waals surface area (Å²) >= 11 is 0. The summed E-state index contributed by atoms with van der Waals surface area (Å²) in [6, 6.07) is 0.501. The normalized spacial score (nSPS) is 22.8. The molecular formula is C15H31NO. The highest BCUT2D eigenvalue weighted by Gasteiger charge is 2.28. The summed E-state index contributed by atoms with van der Waals surface area (Å²) in [4.78, 5) is 2.32. The topological polar surface area (TPSA) is 23.5 Å². The second-order valence-corrected chi connectivity index (χ2v) is 6.95. The van der Waals surface area contributed by atoms with Crippen LogP contribution in [-0.2, 0) is 0 Å². The average molecular weight is 241 g/mol.